The largest absolute Gasteiger partial charge is 0.386 e. The summed E-state index contributed by atoms with van der Waals surface area (Å²) in [7, 11) is 0. The molecule has 2 rings (SSSR count). The van der Waals surface area contributed by atoms with E-state index in [9.17, 15) is 13.9 Å². The van der Waals surface area contributed by atoms with Crippen molar-refractivity contribution in [2.45, 2.75) is 18.6 Å². The monoisotopic (exact) mass is 243 g/mol. The fraction of sp³-hybridized carbons (Fsp3) is 0.500. The van der Waals surface area contributed by atoms with Crippen molar-refractivity contribution >= 4 is 0 Å². The van der Waals surface area contributed by atoms with Crippen LogP contribution in [0.15, 0.2) is 18.2 Å². The average molecular weight is 243 g/mol. The molecule has 1 saturated heterocycles. The molecule has 0 amide bonds. The Kier molecular flexibility index (Phi) is 3.71. The topological polar surface area (TPSA) is 41.5 Å². The van der Waals surface area contributed by atoms with Crippen molar-refractivity contribution in [3.63, 3.8) is 0 Å². The normalized spacial score (nSPS) is 24.2. The van der Waals surface area contributed by atoms with Gasteiger partial charge in [0.05, 0.1) is 6.61 Å². The molecule has 0 bridgehead atoms. The van der Waals surface area contributed by atoms with E-state index in [4.69, 9.17) is 4.74 Å². The van der Waals surface area contributed by atoms with Gasteiger partial charge < -0.3 is 15.2 Å². The zero-order valence-corrected chi connectivity index (χ0v) is 9.38. The Balaban J connectivity index is 1.90. The molecule has 0 aliphatic carbocycles. The quantitative estimate of drug-likeness (QED) is 0.835. The summed E-state index contributed by atoms with van der Waals surface area (Å²) in [6.07, 6.45) is 0.541. The molecule has 1 aromatic rings. The predicted molar refractivity (Wildman–Crippen MR) is 58.5 cm³/mol. The number of ether oxygens (including phenoxy) is 1. The molecular formula is C12H15F2NO2. The summed E-state index contributed by atoms with van der Waals surface area (Å²) in [6, 6.07) is 3.76. The molecule has 1 unspecified atom stereocenters. The second kappa shape index (κ2) is 5.08. The van der Waals surface area contributed by atoms with Crippen molar-refractivity contribution in [3.05, 3.63) is 35.4 Å². The third-order valence-electron chi connectivity index (χ3n) is 2.90. The van der Waals surface area contributed by atoms with Crippen molar-refractivity contribution in [3.8, 4) is 0 Å². The Labute approximate surface area is 98.4 Å². The maximum atomic E-state index is 13.3. The molecule has 1 aliphatic rings. The zero-order valence-electron chi connectivity index (χ0n) is 9.38. The Morgan fingerprint density at radius 1 is 1.35 bits per heavy atom. The molecule has 0 spiro atoms. The van der Waals surface area contributed by atoms with E-state index in [1.165, 1.54) is 18.2 Å². The van der Waals surface area contributed by atoms with Crippen molar-refractivity contribution in [2.75, 3.05) is 19.8 Å². The third kappa shape index (κ3) is 3.00. The van der Waals surface area contributed by atoms with Gasteiger partial charge in [-0.15, -0.1) is 0 Å². The molecule has 1 heterocycles. The van der Waals surface area contributed by atoms with Gasteiger partial charge in [-0.25, -0.2) is 8.78 Å². The number of rotatable bonds is 4. The van der Waals surface area contributed by atoms with Crippen LogP contribution in [0.4, 0.5) is 8.78 Å². The van der Waals surface area contributed by atoms with Crippen LogP contribution in [0.25, 0.3) is 0 Å². The minimum atomic E-state index is -0.915. The summed E-state index contributed by atoms with van der Waals surface area (Å²) in [4.78, 5) is 0. The van der Waals surface area contributed by atoms with Gasteiger partial charge in [-0.2, -0.15) is 0 Å². The molecular weight excluding hydrogens is 228 g/mol. The van der Waals surface area contributed by atoms with Crippen LogP contribution in [0.2, 0.25) is 0 Å². The van der Waals surface area contributed by atoms with Gasteiger partial charge in [0, 0.05) is 31.7 Å². The first kappa shape index (κ1) is 12.4. The van der Waals surface area contributed by atoms with Crippen LogP contribution in [-0.4, -0.2) is 30.5 Å². The molecule has 17 heavy (non-hydrogen) atoms. The average Bonchev–Trinajstić information content (AvgIpc) is 2.70. The van der Waals surface area contributed by atoms with E-state index in [2.05, 4.69) is 5.32 Å². The van der Waals surface area contributed by atoms with Crippen molar-refractivity contribution in [1.82, 2.24) is 5.32 Å². The molecule has 3 nitrogen and oxygen atoms in total. The summed E-state index contributed by atoms with van der Waals surface area (Å²) in [5, 5.41) is 12.8. The molecule has 0 aromatic heterocycles. The molecule has 1 atom stereocenters. The fourth-order valence-electron chi connectivity index (χ4n) is 1.86. The minimum absolute atomic E-state index is 0.00462. The first-order valence-electron chi connectivity index (χ1n) is 5.54. The van der Waals surface area contributed by atoms with E-state index in [0.717, 1.165) is 0 Å². The molecule has 0 saturated carbocycles. The highest BCUT2D eigenvalue weighted by molar-refractivity contribution is 5.19. The lowest BCUT2D eigenvalue weighted by atomic mass is 10.0. The maximum absolute atomic E-state index is 13.3. The van der Waals surface area contributed by atoms with Crippen LogP contribution in [0, 0.1) is 11.6 Å². The lowest BCUT2D eigenvalue weighted by Crippen LogP contribution is -2.40. The lowest BCUT2D eigenvalue weighted by Gasteiger charge is -2.20. The molecule has 1 aromatic carbocycles. The number of aliphatic hydroxyl groups is 1. The van der Waals surface area contributed by atoms with Gasteiger partial charge in [-0.05, 0) is 12.1 Å². The van der Waals surface area contributed by atoms with Crippen LogP contribution in [-0.2, 0) is 11.3 Å². The van der Waals surface area contributed by atoms with Gasteiger partial charge in [-0.1, -0.05) is 6.07 Å². The second-order valence-electron chi connectivity index (χ2n) is 4.33. The Bertz CT molecular complexity index is 372. The predicted octanol–water partition coefficient (Wildman–Crippen LogP) is 1.21. The van der Waals surface area contributed by atoms with Crippen LogP contribution >= 0.6 is 0 Å². The fourth-order valence-corrected chi connectivity index (χ4v) is 1.86. The van der Waals surface area contributed by atoms with E-state index in [0.29, 0.717) is 13.0 Å². The first-order valence-corrected chi connectivity index (χ1v) is 5.54. The highest BCUT2D eigenvalue weighted by Crippen LogP contribution is 2.17. The summed E-state index contributed by atoms with van der Waals surface area (Å²) >= 11 is 0. The highest BCUT2D eigenvalue weighted by Gasteiger charge is 2.31. The summed E-state index contributed by atoms with van der Waals surface area (Å²) in [5.41, 5.74) is -0.920. The zero-order chi connectivity index (χ0) is 12.3. The van der Waals surface area contributed by atoms with Gasteiger partial charge in [0.2, 0.25) is 0 Å². The van der Waals surface area contributed by atoms with Crippen molar-refractivity contribution in [2.24, 2.45) is 0 Å². The number of hydrogen-bond acceptors (Lipinski definition) is 3. The van der Waals surface area contributed by atoms with Gasteiger partial charge in [-0.3, -0.25) is 0 Å². The van der Waals surface area contributed by atoms with E-state index < -0.39 is 17.2 Å². The SMILES string of the molecule is OC1(CNCc2c(F)cccc2F)CCOC1. The van der Waals surface area contributed by atoms with Gasteiger partial charge in [0.15, 0.2) is 0 Å². The van der Waals surface area contributed by atoms with E-state index in [1.54, 1.807) is 0 Å². The van der Waals surface area contributed by atoms with Crippen LogP contribution < -0.4 is 5.32 Å². The standard InChI is InChI=1S/C12H15F2NO2/c13-10-2-1-3-11(14)9(10)6-15-7-12(16)4-5-17-8-12/h1-3,15-16H,4-8H2. The van der Waals surface area contributed by atoms with E-state index >= 15 is 0 Å². The highest BCUT2D eigenvalue weighted by atomic mass is 19.1. The van der Waals surface area contributed by atoms with E-state index in [-0.39, 0.29) is 25.3 Å². The minimum Gasteiger partial charge on any atom is -0.386 e. The van der Waals surface area contributed by atoms with Gasteiger partial charge in [0.1, 0.15) is 17.2 Å². The Hall–Kier alpha value is -1.04. The van der Waals surface area contributed by atoms with Gasteiger partial charge in [0.25, 0.3) is 0 Å². The molecule has 94 valence electrons. The smallest absolute Gasteiger partial charge is 0.130 e. The Morgan fingerprint density at radius 3 is 2.65 bits per heavy atom. The van der Waals surface area contributed by atoms with Crippen LogP contribution in [0.1, 0.15) is 12.0 Å². The van der Waals surface area contributed by atoms with Crippen molar-refractivity contribution < 1.29 is 18.6 Å². The number of nitrogens with one attached hydrogen (secondary N) is 1. The number of benzene rings is 1. The maximum Gasteiger partial charge on any atom is 0.130 e. The van der Waals surface area contributed by atoms with E-state index in [1.807, 2.05) is 0 Å². The molecule has 2 N–H and O–H groups in total. The molecule has 1 fully saturated rings. The third-order valence-corrected chi connectivity index (χ3v) is 2.90. The first-order chi connectivity index (χ1) is 8.11. The van der Waals surface area contributed by atoms with Crippen LogP contribution in [0.3, 0.4) is 0 Å². The second-order valence-corrected chi connectivity index (χ2v) is 4.33. The summed E-state index contributed by atoms with van der Waals surface area (Å²) in [6.45, 7) is 1.10. The van der Waals surface area contributed by atoms with Gasteiger partial charge >= 0.3 is 0 Å². The molecule has 5 heteroatoms. The lowest BCUT2D eigenvalue weighted by molar-refractivity contribution is 0.0267. The Morgan fingerprint density at radius 2 is 2.06 bits per heavy atom. The summed E-state index contributed by atoms with van der Waals surface area (Å²) < 4.78 is 31.6. The summed E-state index contributed by atoms with van der Waals surface area (Å²) in [5.74, 6) is -1.15. The van der Waals surface area contributed by atoms with Crippen LogP contribution in [0.5, 0.6) is 0 Å². The number of halogens is 2. The molecule has 1 aliphatic heterocycles. The number of hydrogen-bond donors (Lipinski definition) is 2. The van der Waals surface area contributed by atoms with Crippen molar-refractivity contribution in [1.29, 1.82) is 0 Å². The molecule has 0 radical (unpaired) electrons.